The van der Waals surface area contributed by atoms with Gasteiger partial charge in [-0.05, 0) is 12.2 Å². The summed E-state index contributed by atoms with van der Waals surface area (Å²) in [7, 11) is 0. The fraction of sp³-hybridized carbons (Fsp3) is 0.200. The van der Waals surface area contributed by atoms with E-state index in [-0.39, 0.29) is 19.1 Å². The molecule has 1 aliphatic rings. The van der Waals surface area contributed by atoms with Gasteiger partial charge in [-0.15, -0.1) is 0 Å². The van der Waals surface area contributed by atoms with E-state index in [4.69, 9.17) is 4.74 Å². The fourth-order valence-electron chi connectivity index (χ4n) is 0.752. The molecule has 5 heteroatoms. The maximum absolute atomic E-state index is 11.0. The first-order valence-electron chi connectivity index (χ1n) is 4.40. The van der Waals surface area contributed by atoms with Gasteiger partial charge in [0.05, 0.1) is 12.7 Å². The predicted octanol–water partition coefficient (Wildman–Crippen LogP) is 1.13. The summed E-state index contributed by atoms with van der Waals surface area (Å²) in [4.78, 5) is 22.4. The highest BCUT2D eigenvalue weighted by Gasteiger charge is 1.91. The third-order valence-corrected chi connectivity index (χ3v) is 1.37. The van der Waals surface area contributed by atoms with E-state index in [0.717, 1.165) is 0 Å². The number of ether oxygens (including phenoxy) is 1. The molecule has 0 saturated heterocycles. The number of hydrogen-bond acceptors (Lipinski definition) is 4. The molecule has 0 fully saturated rings. The van der Waals surface area contributed by atoms with E-state index in [2.05, 4.69) is 15.0 Å². The lowest BCUT2D eigenvalue weighted by molar-refractivity contribution is -0.116. The van der Waals surface area contributed by atoms with Crippen LogP contribution in [0, 0.1) is 0 Å². The molecule has 78 valence electrons. The molecule has 0 radical (unpaired) electrons. The molecular formula is C10H11N3O2. The minimum Gasteiger partial charge on any atom is -0.479 e. The quantitative estimate of drug-likeness (QED) is 0.595. The van der Waals surface area contributed by atoms with Gasteiger partial charge in [0.15, 0.2) is 6.73 Å². The maximum atomic E-state index is 11.0. The highest BCUT2D eigenvalue weighted by molar-refractivity contribution is 6.18. The number of carbonyl (C=O) groups excluding carboxylic acids is 1. The topological polar surface area (TPSA) is 63.4 Å². The van der Waals surface area contributed by atoms with E-state index in [1.54, 1.807) is 24.6 Å². The zero-order valence-electron chi connectivity index (χ0n) is 8.11. The van der Waals surface area contributed by atoms with Crippen molar-refractivity contribution in [3.63, 3.8) is 0 Å². The normalized spacial score (nSPS) is 17.5. The molecule has 1 aliphatic heterocycles. The zero-order valence-corrected chi connectivity index (χ0v) is 8.11. The smallest absolute Gasteiger partial charge is 0.249 e. The summed E-state index contributed by atoms with van der Waals surface area (Å²) in [6.07, 6.45) is 10.8. The molecule has 0 aromatic carbocycles. The average Bonchev–Trinajstić information content (AvgIpc) is 2.24. The third-order valence-electron chi connectivity index (χ3n) is 1.37. The molecule has 0 unspecified atom stereocenters. The molecule has 0 spiro atoms. The third kappa shape index (κ3) is 6.09. The molecule has 0 saturated carbocycles. The van der Waals surface area contributed by atoms with Crippen molar-refractivity contribution >= 4 is 24.6 Å². The van der Waals surface area contributed by atoms with Gasteiger partial charge in [-0.25, -0.2) is 4.99 Å². The Morgan fingerprint density at radius 1 is 1.27 bits per heavy atom. The van der Waals surface area contributed by atoms with E-state index >= 15 is 0 Å². The van der Waals surface area contributed by atoms with Crippen LogP contribution >= 0.6 is 0 Å². The van der Waals surface area contributed by atoms with Crippen LogP contribution in [0.2, 0.25) is 0 Å². The molecule has 0 N–H and O–H groups in total. The van der Waals surface area contributed by atoms with Crippen molar-refractivity contribution in [3.05, 3.63) is 24.6 Å². The van der Waals surface area contributed by atoms with Crippen LogP contribution in [0.3, 0.4) is 0 Å². The Bertz CT molecular complexity index is 341. The minimum absolute atomic E-state index is 0.212. The zero-order chi connectivity index (χ0) is 10.8. The second-order valence-electron chi connectivity index (χ2n) is 2.51. The fourth-order valence-corrected chi connectivity index (χ4v) is 0.752. The molecule has 15 heavy (non-hydrogen) atoms. The highest BCUT2D eigenvalue weighted by Crippen LogP contribution is 1.88. The van der Waals surface area contributed by atoms with Gasteiger partial charge >= 0.3 is 0 Å². The predicted molar refractivity (Wildman–Crippen MR) is 59.3 cm³/mol. The number of rotatable bonds is 0. The standard InChI is InChI=1S/C10H11N3O2/c14-10-3-1-8-15-9-12-5-2-4-11-6-7-13-10/h1-2,4-8H,3,9H2. The lowest BCUT2D eigenvalue weighted by atomic mass is 10.4. The summed E-state index contributed by atoms with van der Waals surface area (Å²) < 4.78 is 4.97. The summed E-state index contributed by atoms with van der Waals surface area (Å²) in [6, 6.07) is 0. The second kappa shape index (κ2) is 7.37. The van der Waals surface area contributed by atoms with Crippen molar-refractivity contribution in [3.8, 4) is 0 Å². The molecule has 0 aliphatic carbocycles. The molecule has 1 heterocycles. The number of nitrogens with zero attached hydrogens (tertiary/aromatic N) is 3. The Hall–Kier alpha value is -2.04. The van der Waals surface area contributed by atoms with E-state index in [1.807, 2.05) is 0 Å². The highest BCUT2D eigenvalue weighted by atomic mass is 16.5. The van der Waals surface area contributed by atoms with Crippen LogP contribution in [0.1, 0.15) is 6.42 Å². The van der Waals surface area contributed by atoms with Gasteiger partial charge in [0.2, 0.25) is 5.91 Å². The summed E-state index contributed by atoms with van der Waals surface area (Å²) in [5.41, 5.74) is 0. The number of carbonyl (C=O) groups is 1. The monoisotopic (exact) mass is 205 g/mol. The number of amides is 1. The molecule has 1 amide bonds. The van der Waals surface area contributed by atoms with Gasteiger partial charge < -0.3 is 4.74 Å². The van der Waals surface area contributed by atoms with Gasteiger partial charge in [0, 0.05) is 24.8 Å². The van der Waals surface area contributed by atoms with Crippen LogP contribution in [-0.2, 0) is 9.53 Å². The number of hydrogen-bond donors (Lipinski definition) is 0. The Kier molecular flexibility index (Phi) is 5.42. The molecule has 5 nitrogen and oxygen atoms in total. The Labute approximate surface area is 87.6 Å². The lowest BCUT2D eigenvalue weighted by Gasteiger charge is -1.92. The molecular weight excluding hydrogens is 194 g/mol. The minimum atomic E-state index is -0.245. The van der Waals surface area contributed by atoms with E-state index in [1.165, 1.54) is 18.7 Å². The van der Waals surface area contributed by atoms with Crippen LogP contribution in [0.4, 0.5) is 0 Å². The van der Waals surface area contributed by atoms with Gasteiger partial charge in [-0.3, -0.25) is 14.8 Å². The van der Waals surface area contributed by atoms with Gasteiger partial charge in [-0.2, -0.15) is 0 Å². The SMILES string of the molecule is O=C1CC=COCN=CC=CN=CC=N1. The van der Waals surface area contributed by atoms with Crippen LogP contribution in [-0.4, -0.2) is 31.3 Å². The van der Waals surface area contributed by atoms with Crippen LogP contribution in [0.25, 0.3) is 0 Å². The first-order valence-corrected chi connectivity index (χ1v) is 4.40. The van der Waals surface area contributed by atoms with Crippen molar-refractivity contribution in [1.82, 2.24) is 0 Å². The van der Waals surface area contributed by atoms with Crippen molar-refractivity contribution in [2.75, 3.05) is 6.73 Å². The van der Waals surface area contributed by atoms with Crippen molar-refractivity contribution in [2.24, 2.45) is 15.0 Å². The Morgan fingerprint density at radius 3 is 3.13 bits per heavy atom. The number of allylic oxidation sites excluding steroid dienone is 1. The van der Waals surface area contributed by atoms with Gasteiger partial charge in [0.1, 0.15) is 0 Å². The summed E-state index contributed by atoms with van der Waals surface area (Å²) in [5.74, 6) is -0.245. The van der Waals surface area contributed by atoms with E-state index in [0.29, 0.717) is 0 Å². The molecule has 1 rings (SSSR count). The summed E-state index contributed by atoms with van der Waals surface area (Å²) in [5, 5.41) is 0. The van der Waals surface area contributed by atoms with Crippen LogP contribution in [0.5, 0.6) is 0 Å². The molecule has 0 aromatic rings. The average molecular weight is 205 g/mol. The van der Waals surface area contributed by atoms with Gasteiger partial charge in [-0.1, -0.05) is 0 Å². The van der Waals surface area contributed by atoms with Crippen LogP contribution < -0.4 is 0 Å². The van der Waals surface area contributed by atoms with Crippen molar-refractivity contribution < 1.29 is 9.53 Å². The Morgan fingerprint density at radius 2 is 2.20 bits per heavy atom. The van der Waals surface area contributed by atoms with Crippen molar-refractivity contribution in [1.29, 1.82) is 0 Å². The summed E-state index contributed by atoms with van der Waals surface area (Å²) in [6.45, 7) is 0.224. The largest absolute Gasteiger partial charge is 0.479 e. The van der Waals surface area contributed by atoms with Gasteiger partial charge in [0.25, 0.3) is 0 Å². The van der Waals surface area contributed by atoms with E-state index < -0.39 is 0 Å². The van der Waals surface area contributed by atoms with Crippen LogP contribution in [0.15, 0.2) is 39.6 Å². The molecule has 0 atom stereocenters. The summed E-state index contributed by atoms with van der Waals surface area (Å²) >= 11 is 0. The Balaban J connectivity index is 2.59. The molecule has 0 bridgehead atoms. The lowest BCUT2D eigenvalue weighted by Crippen LogP contribution is -1.92. The van der Waals surface area contributed by atoms with Crippen molar-refractivity contribution in [2.45, 2.75) is 6.42 Å². The first kappa shape index (κ1) is 11.0. The van der Waals surface area contributed by atoms with E-state index in [9.17, 15) is 4.79 Å². The molecule has 0 aromatic heterocycles. The maximum Gasteiger partial charge on any atom is 0.249 e. The number of aliphatic imine (C=N–C) groups is 3. The second-order valence-corrected chi connectivity index (χ2v) is 2.51. The first-order chi connectivity index (χ1) is 7.39.